The molecule has 1 aromatic rings. The van der Waals surface area contributed by atoms with Crippen LogP contribution >= 0.6 is 12.2 Å². The molecule has 1 saturated carbocycles. The van der Waals surface area contributed by atoms with Crippen LogP contribution in [0.1, 0.15) is 31.9 Å². The second-order valence-electron chi connectivity index (χ2n) is 4.48. The van der Waals surface area contributed by atoms with Crippen LogP contribution in [-0.2, 0) is 0 Å². The van der Waals surface area contributed by atoms with Crippen LogP contribution in [0.15, 0.2) is 12.4 Å². The molecule has 0 unspecified atom stereocenters. The lowest BCUT2D eigenvalue weighted by atomic mass is 10.3. The first-order valence-corrected chi connectivity index (χ1v) is 6.49. The normalized spacial score (nSPS) is 14.6. The zero-order valence-corrected chi connectivity index (χ0v) is 10.9. The smallest absolute Gasteiger partial charge is 0.157 e. The molecule has 2 N–H and O–H groups in total. The first-order valence-electron chi connectivity index (χ1n) is 6.08. The summed E-state index contributed by atoms with van der Waals surface area (Å²) in [7, 11) is 0. The van der Waals surface area contributed by atoms with Crippen LogP contribution in [0, 0.1) is 5.92 Å². The van der Waals surface area contributed by atoms with E-state index in [2.05, 4.69) is 21.8 Å². The monoisotopic (exact) mass is 250 g/mol. The van der Waals surface area contributed by atoms with Crippen molar-refractivity contribution in [2.45, 2.75) is 26.2 Å². The second-order valence-corrected chi connectivity index (χ2v) is 4.92. The van der Waals surface area contributed by atoms with Gasteiger partial charge in [0.2, 0.25) is 0 Å². The molecule has 17 heavy (non-hydrogen) atoms. The molecule has 4 nitrogen and oxygen atoms in total. The van der Waals surface area contributed by atoms with Crippen molar-refractivity contribution in [2.24, 2.45) is 11.7 Å². The van der Waals surface area contributed by atoms with E-state index in [1.165, 1.54) is 12.8 Å². The molecule has 0 aliphatic heterocycles. The van der Waals surface area contributed by atoms with Crippen LogP contribution in [0.3, 0.4) is 0 Å². The molecule has 1 heterocycles. The van der Waals surface area contributed by atoms with Crippen LogP contribution in [0.25, 0.3) is 0 Å². The van der Waals surface area contributed by atoms with Crippen molar-refractivity contribution in [3.8, 4) is 0 Å². The van der Waals surface area contributed by atoms with Crippen molar-refractivity contribution >= 4 is 23.0 Å². The summed E-state index contributed by atoms with van der Waals surface area (Å²) < 4.78 is 0. The van der Waals surface area contributed by atoms with Crippen LogP contribution in [0.2, 0.25) is 0 Å². The van der Waals surface area contributed by atoms with Crippen molar-refractivity contribution in [3.05, 3.63) is 18.1 Å². The van der Waals surface area contributed by atoms with Gasteiger partial charge in [0.05, 0.1) is 0 Å². The molecule has 0 spiro atoms. The summed E-state index contributed by atoms with van der Waals surface area (Å²) in [4.78, 5) is 11.2. The average Bonchev–Trinajstić information content (AvgIpc) is 3.12. The highest BCUT2D eigenvalue weighted by atomic mass is 32.1. The van der Waals surface area contributed by atoms with E-state index in [0.29, 0.717) is 10.7 Å². The van der Waals surface area contributed by atoms with E-state index in [4.69, 9.17) is 18.0 Å². The fourth-order valence-electron chi connectivity index (χ4n) is 1.90. The summed E-state index contributed by atoms with van der Waals surface area (Å²) in [6, 6.07) is 0. The van der Waals surface area contributed by atoms with E-state index < -0.39 is 0 Å². The molecule has 92 valence electrons. The standard InChI is InChI=1S/C12H18N4S/c1-2-7-16(8-9-3-4-9)12-10(11(13)17)14-5-6-15-12/h5-6,9H,2-4,7-8H2,1H3,(H2,13,17). The number of nitrogens with two attached hydrogens (primary N) is 1. The number of nitrogens with zero attached hydrogens (tertiary/aromatic N) is 3. The maximum Gasteiger partial charge on any atom is 0.157 e. The zero-order chi connectivity index (χ0) is 12.3. The van der Waals surface area contributed by atoms with Gasteiger partial charge in [-0.25, -0.2) is 9.97 Å². The van der Waals surface area contributed by atoms with Crippen LogP contribution in [-0.4, -0.2) is 28.0 Å². The lowest BCUT2D eigenvalue weighted by Crippen LogP contribution is -2.30. The first kappa shape index (κ1) is 12.2. The minimum absolute atomic E-state index is 0.324. The van der Waals surface area contributed by atoms with Crippen LogP contribution in [0.5, 0.6) is 0 Å². The SMILES string of the molecule is CCCN(CC1CC1)c1nccnc1C(N)=S. The van der Waals surface area contributed by atoms with Gasteiger partial charge < -0.3 is 10.6 Å². The Balaban J connectivity index is 2.23. The van der Waals surface area contributed by atoms with Crippen LogP contribution < -0.4 is 10.6 Å². The van der Waals surface area contributed by atoms with E-state index in [1.54, 1.807) is 12.4 Å². The first-order chi connectivity index (χ1) is 8.22. The number of hydrogen-bond donors (Lipinski definition) is 1. The predicted molar refractivity (Wildman–Crippen MR) is 73.1 cm³/mol. The van der Waals surface area contributed by atoms with Gasteiger partial charge in [0.15, 0.2) is 5.82 Å². The van der Waals surface area contributed by atoms with Gasteiger partial charge >= 0.3 is 0 Å². The lowest BCUT2D eigenvalue weighted by Gasteiger charge is -2.24. The molecule has 0 amide bonds. The topological polar surface area (TPSA) is 55.0 Å². The Bertz CT molecular complexity index is 403. The molecule has 2 rings (SSSR count). The van der Waals surface area contributed by atoms with E-state index in [0.717, 1.165) is 31.2 Å². The summed E-state index contributed by atoms with van der Waals surface area (Å²) in [5.41, 5.74) is 6.35. The highest BCUT2D eigenvalue weighted by Gasteiger charge is 2.26. The number of anilines is 1. The third-order valence-corrected chi connectivity index (χ3v) is 3.07. The summed E-state index contributed by atoms with van der Waals surface area (Å²) in [5, 5.41) is 0. The van der Waals surface area contributed by atoms with E-state index in [9.17, 15) is 0 Å². The molecule has 1 fully saturated rings. The largest absolute Gasteiger partial charge is 0.388 e. The molecule has 0 bridgehead atoms. The maximum atomic E-state index is 5.70. The Morgan fingerprint density at radius 2 is 2.18 bits per heavy atom. The van der Waals surface area contributed by atoms with Gasteiger partial charge in [-0.15, -0.1) is 0 Å². The van der Waals surface area contributed by atoms with Gasteiger partial charge in [0, 0.05) is 25.5 Å². The zero-order valence-electron chi connectivity index (χ0n) is 10.1. The van der Waals surface area contributed by atoms with Gasteiger partial charge in [0.25, 0.3) is 0 Å². The number of aromatic nitrogens is 2. The summed E-state index contributed by atoms with van der Waals surface area (Å²) in [6.45, 7) is 4.18. The van der Waals surface area contributed by atoms with Crippen molar-refractivity contribution < 1.29 is 0 Å². The summed E-state index contributed by atoms with van der Waals surface area (Å²) in [6.07, 6.45) is 7.07. The Morgan fingerprint density at radius 1 is 1.47 bits per heavy atom. The maximum absolute atomic E-state index is 5.70. The molecular weight excluding hydrogens is 232 g/mol. The molecular formula is C12H18N4S. The molecule has 0 saturated heterocycles. The Morgan fingerprint density at radius 3 is 2.76 bits per heavy atom. The molecule has 1 aliphatic rings. The molecule has 0 aromatic carbocycles. The van der Waals surface area contributed by atoms with Crippen molar-refractivity contribution in [1.82, 2.24) is 9.97 Å². The van der Waals surface area contributed by atoms with Crippen molar-refractivity contribution in [3.63, 3.8) is 0 Å². The number of hydrogen-bond acceptors (Lipinski definition) is 4. The van der Waals surface area contributed by atoms with E-state index in [-0.39, 0.29) is 0 Å². The van der Waals surface area contributed by atoms with E-state index >= 15 is 0 Å². The molecule has 0 radical (unpaired) electrons. The lowest BCUT2D eigenvalue weighted by molar-refractivity contribution is 0.696. The number of thiocarbonyl (C=S) groups is 1. The van der Waals surface area contributed by atoms with Crippen molar-refractivity contribution in [2.75, 3.05) is 18.0 Å². The Hall–Kier alpha value is -1.23. The van der Waals surface area contributed by atoms with Crippen molar-refractivity contribution in [1.29, 1.82) is 0 Å². The summed E-state index contributed by atoms with van der Waals surface area (Å²) >= 11 is 5.03. The van der Waals surface area contributed by atoms with Gasteiger partial charge in [-0.2, -0.15) is 0 Å². The minimum Gasteiger partial charge on any atom is -0.388 e. The molecule has 5 heteroatoms. The minimum atomic E-state index is 0.324. The fourth-order valence-corrected chi connectivity index (χ4v) is 2.05. The van der Waals surface area contributed by atoms with Gasteiger partial charge in [-0.3, -0.25) is 0 Å². The highest BCUT2D eigenvalue weighted by molar-refractivity contribution is 7.80. The molecule has 0 atom stereocenters. The van der Waals surface area contributed by atoms with Gasteiger partial charge in [0.1, 0.15) is 10.7 Å². The highest BCUT2D eigenvalue weighted by Crippen LogP contribution is 2.31. The second kappa shape index (κ2) is 5.40. The fraction of sp³-hybridized carbons (Fsp3) is 0.583. The quantitative estimate of drug-likeness (QED) is 0.779. The molecule has 1 aliphatic carbocycles. The average molecular weight is 250 g/mol. The third kappa shape index (κ3) is 3.12. The van der Waals surface area contributed by atoms with Gasteiger partial charge in [-0.05, 0) is 25.2 Å². The Kier molecular flexibility index (Phi) is 3.89. The third-order valence-electron chi connectivity index (χ3n) is 2.88. The van der Waals surface area contributed by atoms with Gasteiger partial charge in [-0.1, -0.05) is 19.1 Å². The van der Waals surface area contributed by atoms with Crippen LogP contribution in [0.4, 0.5) is 5.82 Å². The Labute approximate surface area is 107 Å². The van der Waals surface area contributed by atoms with E-state index in [1.807, 2.05) is 0 Å². The predicted octanol–water partition coefficient (Wildman–Crippen LogP) is 1.74. The molecule has 1 aromatic heterocycles. The summed E-state index contributed by atoms with van der Waals surface area (Å²) in [5.74, 6) is 1.65. The number of rotatable bonds is 6.